The fourth-order valence-electron chi connectivity index (χ4n) is 1.60. The maximum absolute atomic E-state index is 12.0. The third kappa shape index (κ3) is 12.0. The van der Waals surface area contributed by atoms with Crippen LogP contribution in [0.25, 0.3) is 0 Å². The van der Waals surface area contributed by atoms with Crippen LogP contribution in [0.3, 0.4) is 0 Å². The molecular formula is C15H34IN3O3S. The zero-order valence-corrected chi connectivity index (χ0v) is 18.3. The van der Waals surface area contributed by atoms with Gasteiger partial charge >= 0.3 is 0 Å². The van der Waals surface area contributed by atoms with Crippen LogP contribution in [0.15, 0.2) is 4.99 Å². The van der Waals surface area contributed by atoms with Crippen molar-refractivity contribution >= 4 is 39.8 Å². The fraction of sp³-hybridized carbons (Fsp3) is 0.933. The van der Waals surface area contributed by atoms with Gasteiger partial charge in [0.2, 0.25) is 0 Å². The average molecular weight is 463 g/mol. The van der Waals surface area contributed by atoms with Crippen molar-refractivity contribution in [3.63, 3.8) is 0 Å². The standard InChI is InChI=1S/C15H33N3O3S.HI/c1-6-16-14(17-10-8-9-12-21-7-2)18-11-13-22(19,20)15(3,4)5;/h6-13H2,1-5H3,(H2,16,17,18);1H. The number of ether oxygens (including phenoxy) is 1. The number of guanidine groups is 1. The minimum absolute atomic E-state index is 0. The molecule has 0 aliphatic carbocycles. The molecular weight excluding hydrogens is 429 g/mol. The molecule has 0 aromatic rings. The number of hydrogen-bond acceptors (Lipinski definition) is 4. The van der Waals surface area contributed by atoms with Crippen LogP contribution in [0.4, 0.5) is 0 Å². The lowest BCUT2D eigenvalue weighted by Gasteiger charge is -2.19. The summed E-state index contributed by atoms with van der Waals surface area (Å²) in [5.74, 6) is 0.772. The van der Waals surface area contributed by atoms with E-state index in [4.69, 9.17) is 4.74 Å². The first-order valence-corrected chi connectivity index (χ1v) is 9.72. The van der Waals surface area contributed by atoms with Gasteiger partial charge in [-0.2, -0.15) is 0 Å². The number of halogens is 1. The Kier molecular flexibility index (Phi) is 14.5. The Morgan fingerprint density at radius 2 is 1.78 bits per heavy atom. The minimum Gasteiger partial charge on any atom is -0.382 e. The molecule has 0 aliphatic rings. The zero-order chi connectivity index (χ0) is 17.1. The van der Waals surface area contributed by atoms with Gasteiger partial charge in [0.15, 0.2) is 15.8 Å². The highest BCUT2D eigenvalue weighted by molar-refractivity contribution is 14.0. The molecule has 0 saturated heterocycles. The minimum atomic E-state index is -3.11. The summed E-state index contributed by atoms with van der Waals surface area (Å²) in [5.41, 5.74) is 0. The van der Waals surface area contributed by atoms with Crippen LogP contribution in [0.5, 0.6) is 0 Å². The third-order valence-corrected chi connectivity index (χ3v) is 5.72. The summed E-state index contributed by atoms with van der Waals surface area (Å²) in [6, 6.07) is 0. The fourth-order valence-corrected chi connectivity index (χ4v) is 2.59. The maximum Gasteiger partial charge on any atom is 0.191 e. The third-order valence-electron chi connectivity index (χ3n) is 3.11. The van der Waals surface area contributed by atoms with Gasteiger partial charge in [-0.15, -0.1) is 24.0 Å². The van der Waals surface area contributed by atoms with Gasteiger partial charge in [-0.3, -0.25) is 4.99 Å². The maximum atomic E-state index is 12.0. The molecule has 0 saturated carbocycles. The predicted molar refractivity (Wildman–Crippen MR) is 109 cm³/mol. The van der Waals surface area contributed by atoms with Crippen LogP contribution < -0.4 is 10.6 Å². The van der Waals surface area contributed by atoms with Crippen LogP contribution in [0.2, 0.25) is 0 Å². The molecule has 8 heteroatoms. The van der Waals surface area contributed by atoms with Gasteiger partial charge < -0.3 is 15.4 Å². The highest BCUT2D eigenvalue weighted by Gasteiger charge is 2.28. The number of rotatable bonds is 10. The molecule has 2 N–H and O–H groups in total. The molecule has 0 heterocycles. The van der Waals surface area contributed by atoms with Crippen LogP contribution in [0, 0.1) is 0 Å². The van der Waals surface area contributed by atoms with E-state index in [1.165, 1.54) is 0 Å². The highest BCUT2D eigenvalue weighted by atomic mass is 127. The van der Waals surface area contributed by atoms with Gasteiger partial charge in [0.1, 0.15) is 0 Å². The van der Waals surface area contributed by atoms with E-state index in [1.807, 2.05) is 13.8 Å². The molecule has 23 heavy (non-hydrogen) atoms. The first kappa shape index (κ1) is 25.2. The number of aliphatic imine (C=N–C) groups is 1. The molecule has 140 valence electrons. The Bertz CT molecular complexity index is 420. The summed E-state index contributed by atoms with van der Waals surface area (Å²) in [6.45, 7) is 12.5. The van der Waals surface area contributed by atoms with Crippen molar-refractivity contribution in [2.45, 2.75) is 52.2 Å². The monoisotopic (exact) mass is 463 g/mol. The molecule has 0 aliphatic heterocycles. The topological polar surface area (TPSA) is 79.8 Å². The highest BCUT2D eigenvalue weighted by Crippen LogP contribution is 2.15. The van der Waals surface area contributed by atoms with Crippen molar-refractivity contribution in [2.75, 3.05) is 38.6 Å². The van der Waals surface area contributed by atoms with Crippen molar-refractivity contribution < 1.29 is 13.2 Å². The predicted octanol–water partition coefficient (Wildman–Crippen LogP) is 2.19. The molecule has 0 aromatic carbocycles. The van der Waals surface area contributed by atoms with E-state index < -0.39 is 14.6 Å². The Labute approximate surface area is 159 Å². The molecule has 0 spiro atoms. The Morgan fingerprint density at radius 1 is 1.13 bits per heavy atom. The Morgan fingerprint density at radius 3 is 2.30 bits per heavy atom. The molecule has 6 nitrogen and oxygen atoms in total. The van der Waals surface area contributed by atoms with Crippen molar-refractivity contribution in [3.05, 3.63) is 0 Å². The molecule has 0 rings (SSSR count). The van der Waals surface area contributed by atoms with Crippen molar-refractivity contribution in [1.29, 1.82) is 0 Å². The van der Waals surface area contributed by atoms with E-state index in [1.54, 1.807) is 20.8 Å². The summed E-state index contributed by atoms with van der Waals surface area (Å²) >= 11 is 0. The molecule has 0 atom stereocenters. The first-order chi connectivity index (χ1) is 10.2. The van der Waals surface area contributed by atoms with Crippen LogP contribution in [-0.2, 0) is 14.6 Å². The second kappa shape index (κ2) is 13.2. The molecule has 0 fully saturated rings. The van der Waals surface area contributed by atoms with Crippen LogP contribution in [0.1, 0.15) is 47.5 Å². The molecule has 0 unspecified atom stereocenters. The second-order valence-corrected chi connectivity index (χ2v) is 8.89. The summed E-state index contributed by atoms with van der Waals surface area (Å²) < 4.78 is 28.6. The zero-order valence-electron chi connectivity index (χ0n) is 15.1. The van der Waals surface area contributed by atoms with E-state index in [9.17, 15) is 8.42 Å². The number of nitrogens with one attached hydrogen (secondary N) is 2. The molecule has 0 bridgehead atoms. The lowest BCUT2D eigenvalue weighted by atomic mass is 10.3. The summed E-state index contributed by atoms with van der Waals surface area (Å²) in [5, 5.41) is 6.20. The number of sulfone groups is 1. The van der Waals surface area contributed by atoms with Gasteiger partial charge in [0, 0.05) is 32.8 Å². The first-order valence-electron chi connectivity index (χ1n) is 8.06. The van der Waals surface area contributed by atoms with E-state index in [0.717, 1.165) is 32.6 Å². The average Bonchev–Trinajstić information content (AvgIpc) is 2.41. The number of nitrogens with zero attached hydrogens (tertiary/aromatic N) is 1. The molecule has 0 radical (unpaired) electrons. The number of unbranched alkanes of at least 4 members (excludes halogenated alkanes) is 1. The Balaban J connectivity index is 0. The smallest absolute Gasteiger partial charge is 0.191 e. The van der Waals surface area contributed by atoms with Crippen molar-refractivity contribution in [3.8, 4) is 0 Å². The van der Waals surface area contributed by atoms with E-state index in [-0.39, 0.29) is 29.7 Å². The van der Waals surface area contributed by atoms with E-state index >= 15 is 0 Å². The van der Waals surface area contributed by atoms with Gasteiger partial charge in [-0.25, -0.2) is 8.42 Å². The largest absolute Gasteiger partial charge is 0.382 e. The Hall–Kier alpha value is -0.0900. The van der Waals surface area contributed by atoms with Crippen molar-refractivity contribution in [1.82, 2.24) is 10.6 Å². The lowest BCUT2D eigenvalue weighted by molar-refractivity contribution is 0.144. The van der Waals surface area contributed by atoms with Crippen molar-refractivity contribution in [2.24, 2.45) is 4.99 Å². The van der Waals surface area contributed by atoms with Gasteiger partial charge in [0.25, 0.3) is 0 Å². The quantitative estimate of drug-likeness (QED) is 0.225. The molecule has 0 aromatic heterocycles. The molecule has 0 amide bonds. The lowest BCUT2D eigenvalue weighted by Crippen LogP contribution is -2.41. The van der Waals surface area contributed by atoms with E-state index in [2.05, 4.69) is 15.6 Å². The van der Waals surface area contributed by atoms with Crippen LogP contribution in [-0.4, -0.2) is 57.7 Å². The van der Waals surface area contributed by atoms with Gasteiger partial charge in [-0.05, 0) is 47.5 Å². The van der Waals surface area contributed by atoms with Gasteiger partial charge in [-0.1, -0.05) is 0 Å². The SMILES string of the molecule is CCNC(=NCCCCOCC)NCCS(=O)(=O)C(C)(C)C.I. The number of hydrogen-bond donors (Lipinski definition) is 2. The van der Waals surface area contributed by atoms with Gasteiger partial charge in [0.05, 0.1) is 10.5 Å². The van der Waals surface area contributed by atoms with E-state index in [0.29, 0.717) is 19.0 Å². The summed E-state index contributed by atoms with van der Waals surface area (Å²) in [7, 11) is -3.11. The van der Waals surface area contributed by atoms with Crippen LogP contribution >= 0.6 is 24.0 Å². The summed E-state index contributed by atoms with van der Waals surface area (Å²) in [6.07, 6.45) is 1.94. The second-order valence-electron chi connectivity index (χ2n) is 6.02. The summed E-state index contributed by atoms with van der Waals surface area (Å²) in [4.78, 5) is 4.44. The normalized spacial score (nSPS) is 12.7.